The van der Waals surface area contributed by atoms with Crippen molar-refractivity contribution in [2.75, 3.05) is 26.7 Å². The molecule has 1 aromatic rings. The molecule has 0 bridgehead atoms. The van der Waals surface area contributed by atoms with Crippen LogP contribution in [0, 0.1) is 5.92 Å². The molecule has 0 saturated carbocycles. The van der Waals surface area contributed by atoms with Crippen LogP contribution in [0.1, 0.15) is 18.7 Å². The number of aromatic nitrogens is 2. The SMILES string of the molecule is CNCC1CCN(S(=O)(=O)NCc2ncon2)CC1. The van der Waals surface area contributed by atoms with E-state index in [2.05, 4.69) is 24.7 Å². The van der Waals surface area contributed by atoms with Gasteiger partial charge in [0, 0.05) is 13.1 Å². The van der Waals surface area contributed by atoms with Crippen LogP contribution < -0.4 is 10.0 Å². The lowest BCUT2D eigenvalue weighted by Crippen LogP contribution is -2.45. The van der Waals surface area contributed by atoms with Crippen molar-refractivity contribution in [3.8, 4) is 0 Å². The molecule has 1 saturated heterocycles. The third-order valence-corrected chi connectivity index (χ3v) is 4.78. The van der Waals surface area contributed by atoms with Gasteiger partial charge in [0.25, 0.3) is 10.2 Å². The summed E-state index contributed by atoms with van der Waals surface area (Å²) in [6.07, 6.45) is 2.93. The van der Waals surface area contributed by atoms with Gasteiger partial charge in [-0.05, 0) is 32.4 Å². The summed E-state index contributed by atoms with van der Waals surface area (Å²) in [7, 11) is -1.54. The molecule has 1 aliphatic rings. The van der Waals surface area contributed by atoms with Crippen molar-refractivity contribution in [3.05, 3.63) is 12.2 Å². The van der Waals surface area contributed by atoms with E-state index in [-0.39, 0.29) is 6.54 Å². The lowest BCUT2D eigenvalue weighted by Gasteiger charge is -2.30. The molecule has 0 amide bonds. The van der Waals surface area contributed by atoms with Crippen LogP contribution >= 0.6 is 0 Å². The van der Waals surface area contributed by atoms with Gasteiger partial charge in [0.05, 0.1) is 6.54 Å². The van der Waals surface area contributed by atoms with Gasteiger partial charge in [0.2, 0.25) is 6.39 Å². The van der Waals surface area contributed by atoms with Crippen LogP contribution in [0.25, 0.3) is 0 Å². The fraction of sp³-hybridized carbons (Fsp3) is 0.800. The quantitative estimate of drug-likeness (QED) is 0.721. The first-order valence-electron chi connectivity index (χ1n) is 6.26. The molecule has 0 aromatic carbocycles. The molecule has 2 heterocycles. The van der Waals surface area contributed by atoms with Gasteiger partial charge in [-0.2, -0.15) is 22.4 Å². The van der Waals surface area contributed by atoms with E-state index in [0.717, 1.165) is 19.4 Å². The van der Waals surface area contributed by atoms with Crippen molar-refractivity contribution in [2.45, 2.75) is 19.4 Å². The molecule has 0 spiro atoms. The molecule has 9 heteroatoms. The molecule has 1 fully saturated rings. The van der Waals surface area contributed by atoms with Gasteiger partial charge in [-0.1, -0.05) is 5.16 Å². The highest BCUT2D eigenvalue weighted by atomic mass is 32.2. The van der Waals surface area contributed by atoms with Gasteiger partial charge < -0.3 is 9.84 Å². The Morgan fingerprint density at radius 2 is 2.21 bits per heavy atom. The molecular formula is C10H19N5O3S. The largest absolute Gasteiger partial charge is 0.343 e. The molecular weight excluding hydrogens is 270 g/mol. The summed E-state index contributed by atoms with van der Waals surface area (Å²) < 4.78 is 32.6. The second kappa shape index (κ2) is 6.42. The maximum Gasteiger partial charge on any atom is 0.279 e. The summed E-state index contributed by atoms with van der Waals surface area (Å²) in [5.74, 6) is 0.877. The second-order valence-corrected chi connectivity index (χ2v) is 6.33. The lowest BCUT2D eigenvalue weighted by molar-refractivity contribution is 0.268. The number of nitrogens with one attached hydrogen (secondary N) is 2. The number of rotatable bonds is 6. The zero-order chi connectivity index (χ0) is 13.7. The first-order chi connectivity index (χ1) is 9.12. The van der Waals surface area contributed by atoms with Crippen molar-refractivity contribution < 1.29 is 12.9 Å². The minimum atomic E-state index is -3.46. The van der Waals surface area contributed by atoms with E-state index in [1.165, 1.54) is 10.7 Å². The third-order valence-electron chi connectivity index (χ3n) is 3.23. The van der Waals surface area contributed by atoms with Crippen LogP contribution in [0.3, 0.4) is 0 Å². The van der Waals surface area contributed by atoms with E-state index in [4.69, 9.17) is 0 Å². The lowest BCUT2D eigenvalue weighted by atomic mass is 9.98. The summed E-state index contributed by atoms with van der Waals surface area (Å²) in [6.45, 7) is 2.08. The van der Waals surface area contributed by atoms with E-state index >= 15 is 0 Å². The monoisotopic (exact) mass is 289 g/mol. The van der Waals surface area contributed by atoms with Gasteiger partial charge in [-0.25, -0.2) is 0 Å². The Labute approximate surface area is 112 Å². The summed E-state index contributed by atoms with van der Waals surface area (Å²) in [5, 5.41) is 6.69. The fourth-order valence-electron chi connectivity index (χ4n) is 2.16. The molecule has 2 rings (SSSR count). The van der Waals surface area contributed by atoms with E-state index in [1.54, 1.807) is 0 Å². The van der Waals surface area contributed by atoms with Gasteiger partial charge in [0.1, 0.15) is 0 Å². The van der Waals surface area contributed by atoms with Crippen LogP contribution in [0.15, 0.2) is 10.9 Å². The topological polar surface area (TPSA) is 100 Å². The summed E-state index contributed by atoms with van der Waals surface area (Å²) >= 11 is 0. The van der Waals surface area contributed by atoms with E-state index in [9.17, 15) is 8.42 Å². The Hall–Kier alpha value is -1.03. The number of nitrogens with zero attached hydrogens (tertiary/aromatic N) is 3. The molecule has 0 atom stereocenters. The van der Waals surface area contributed by atoms with Crippen LogP contribution in [-0.2, 0) is 16.8 Å². The minimum Gasteiger partial charge on any atom is -0.343 e. The smallest absolute Gasteiger partial charge is 0.279 e. The maximum atomic E-state index is 12.1. The Balaban J connectivity index is 1.83. The average Bonchev–Trinajstić information content (AvgIpc) is 2.91. The number of piperidine rings is 1. The highest BCUT2D eigenvalue weighted by molar-refractivity contribution is 7.87. The van der Waals surface area contributed by atoms with Crippen LogP contribution in [0.2, 0.25) is 0 Å². The van der Waals surface area contributed by atoms with E-state index < -0.39 is 10.2 Å². The van der Waals surface area contributed by atoms with Gasteiger partial charge in [0.15, 0.2) is 5.82 Å². The Morgan fingerprint density at radius 3 is 2.79 bits per heavy atom. The predicted octanol–water partition coefficient (Wildman–Crippen LogP) is -0.665. The van der Waals surface area contributed by atoms with Crippen molar-refractivity contribution in [2.24, 2.45) is 5.92 Å². The molecule has 2 N–H and O–H groups in total. The van der Waals surface area contributed by atoms with Crippen LogP contribution in [0.4, 0.5) is 0 Å². The molecule has 108 valence electrons. The normalized spacial score (nSPS) is 18.8. The standard InChI is InChI=1S/C10H19N5O3S/c1-11-6-9-2-4-15(5-3-9)19(16,17)13-7-10-12-8-18-14-10/h8-9,11,13H,2-7H2,1H3. The van der Waals surface area contributed by atoms with Crippen molar-refractivity contribution >= 4 is 10.2 Å². The van der Waals surface area contributed by atoms with E-state index in [1.807, 2.05) is 7.05 Å². The average molecular weight is 289 g/mol. The number of hydrogen-bond donors (Lipinski definition) is 2. The molecule has 1 aliphatic heterocycles. The zero-order valence-corrected chi connectivity index (χ0v) is 11.7. The van der Waals surface area contributed by atoms with Gasteiger partial charge in [-0.3, -0.25) is 0 Å². The first kappa shape index (κ1) is 14.4. The highest BCUT2D eigenvalue weighted by Crippen LogP contribution is 2.18. The van der Waals surface area contributed by atoms with Crippen LogP contribution in [-0.4, -0.2) is 49.5 Å². The number of hydrogen-bond acceptors (Lipinski definition) is 6. The van der Waals surface area contributed by atoms with Crippen LogP contribution in [0.5, 0.6) is 0 Å². The third kappa shape index (κ3) is 3.96. The molecule has 0 unspecified atom stereocenters. The Kier molecular flexibility index (Phi) is 4.86. The Bertz CT molecular complexity index is 467. The first-order valence-corrected chi connectivity index (χ1v) is 7.70. The van der Waals surface area contributed by atoms with E-state index in [0.29, 0.717) is 24.8 Å². The molecule has 1 aromatic heterocycles. The van der Waals surface area contributed by atoms with Gasteiger partial charge >= 0.3 is 0 Å². The second-order valence-electron chi connectivity index (χ2n) is 4.57. The maximum absolute atomic E-state index is 12.1. The van der Waals surface area contributed by atoms with Crippen molar-refractivity contribution in [1.82, 2.24) is 24.5 Å². The molecule has 0 aliphatic carbocycles. The van der Waals surface area contributed by atoms with Crippen molar-refractivity contribution in [1.29, 1.82) is 0 Å². The Morgan fingerprint density at radius 1 is 1.47 bits per heavy atom. The highest BCUT2D eigenvalue weighted by Gasteiger charge is 2.27. The minimum absolute atomic E-state index is 0.0509. The summed E-state index contributed by atoms with van der Waals surface area (Å²) in [4.78, 5) is 3.77. The fourth-order valence-corrected chi connectivity index (χ4v) is 3.35. The molecule has 8 nitrogen and oxygen atoms in total. The molecule has 0 radical (unpaired) electrons. The summed E-state index contributed by atoms with van der Waals surface area (Å²) in [6, 6.07) is 0. The zero-order valence-electron chi connectivity index (χ0n) is 10.9. The predicted molar refractivity (Wildman–Crippen MR) is 68.3 cm³/mol. The molecule has 19 heavy (non-hydrogen) atoms. The van der Waals surface area contributed by atoms with Crippen molar-refractivity contribution in [3.63, 3.8) is 0 Å². The summed E-state index contributed by atoms with van der Waals surface area (Å²) in [5.41, 5.74) is 0. The van der Waals surface area contributed by atoms with Gasteiger partial charge in [-0.15, -0.1) is 0 Å².